The minimum absolute atomic E-state index is 0. The van der Waals surface area contributed by atoms with E-state index < -0.39 is 0 Å². The zero-order valence-corrected chi connectivity index (χ0v) is 9.00. The molecule has 1 heterocycles. The van der Waals surface area contributed by atoms with E-state index in [0.717, 1.165) is 13.0 Å². The van der Waals surface area contributed by atoms with E-state index in [1.165, 1.54) is 0 Å². The predicted molar refractivity (Wildman–Crippen MR) is 54.2 cm³/mol. The first kappa shape index (κ1) is 14.5. The SMILES string of the molecule is CNC1CCC(=O)N(C)C1.Cl.Cl. The topological polar surface area (TPSA) is 32.3 Å². The molecule has 74 valence electrons. The number of amides is 1. The smallest absolute Gasteiger partial charge is 0.222 e. The molecule has 3 nitrogen and oxygen atoms in total. The molecule has 5 heteroatoms. The van der Waals surface area contributed by atoms with Crippen LogP contribution in [0.5, 0.6) is 0 Å². The summed E-state index contributed by atoms with van der Waals surface area (Å²) in [4.78, 5) is 12.7. The zero-order chi connectivity index (χ0) is 7.56. The number of likely N-dealkylation sites (N-methyl/N-ethyl adjacent to an activating group) is 2. The van der Waals surface area contributed by atoms with Crippen LogP contribution in [0.25, 0.3) is 0 Å². The Hall–Kier alpha value is 0.01000. The fraction of sp³-hybridized carbons (Fsp3) is 0.857. The summed E-state index contributed by atoms with van der Waals surface area (Å²) >= 11 is 0. The zero-order valence-electron chi connectivity index (χ0n) is 7.37. The fourth-order valence-electron chi connectivity index (χ4n) is 1.25. The molecule has 1 aliphatic heterocycles. The van der Waals surface area contributed by atoms with E-state index in [-0.39, 0.29) is 30.7 Å². The molecule has 0 saturated carbocycles. The summed E-state index contributed by atoms with van der Waals surface area (Å²) in [5.74, 6) is 0.270. The van der Waals surface area contributed by atoms with Crippen LogP contribution in [-0.4, -0.2) is 37.5 Å². The number of piperidine rings is 1. The van der Waals surface area contributed by atoms with Crippen molar-refractivity contribution in [2.24, 2.45) is 0 Å². The highest BCUT2D eigenvalue weighted by Crippen LogP contribution is 2.08. The summed E-state index contributed by atoms with van der Waals surface area (Å²) < 4.78 is 0. The fourth-order valence-corrected chi connectivity index (χ4v) is 1.25. The van der Waals surface area contributed by atoms with Crippen molar-refractivity contribution in [3.8, 4) is 0 Å². The summed E-state index contributed by atoms with van der Waals surface area (Å²) in [6.45, 7) is 0.856. The molecule has 1 atom stereocenters. The number of carbonyl (C=O) groups excluding carboxylic acids is 1. The molecule has 0 spiro atoms. The second-order valence-corrected chi connectivity index (χ2v) is 2.80. The van der Waals surface area contributed by atoms with Crippen LogP contribution in [0.1, 0.15) is 12.8 Å². The molecule has 1 N–H and O–H groups in total. The maximum Gasteiger partial charge on any atom is 0.222 e. The minimum Gasteiger partial charge on any atom is -0.344 e. The van der Waals surface area contributed by atoms with Gasteiger partial charge in [-0.25, -0.2) is 0 Å². The van der Waals surface area contributed by atoms with Gasteiger partial charge in [0, 0.05) is 26.1 Å². The largest absolute Gasteiger partial charge is 0.344 e. The molecule has 1 fully saturated rings. The van der Waals surface area contributed by atoms with Crippen molar-refractivity contribution in [1.82, 2.24) is 10.2 Å². The maximum absolute atomic E-state index is 11.0. The van der Waals surface area contributed by atoms with E-state index in [2.05, 4.69) is 5.32 Å². The molecule has 0 aromatic heterocycles. The van der Waals surface area contributed by atoms with E-state index >= 15 is 0 Å². The average Bonchev–Trinajstić information content (AvgIpc) is 1.95. The number of nitrogens with zero attached hydrogens (tertiary/aromatic N) is 1. The van der Waals surface area contributed by atoms with Crippen molar-refractivity contribution >= 4 is 30.7 Å². The van der Waals surface area contributed by atoms with Crippen molar-refractivity contribution < 1.29 is 4.79 Å². The molecule has 1 aliphatic rings. The number of likely N-dealkylation sites (tertiary alicyclic amines) is 1. The van der Waals surface area contributed by atoms with E-state index in [0.29, 0.717) is 12.5 Å². The van der Waals surface area contributed by atoms with Crippen LogP contribution < -0.4 is 5.32 Å². The lowest BCUT2D eigenvalue weighted by Gasteiger charge is -2.29. The van der Waals surface area contributed by atoms with Crippen LogP contribution in [0.4, 0.5) is 0 Å². The molecule has 0 aliphatic carbocycles. The first-order valence-corrected chi connectivity index (χ1v) is 3.65. The van der Waals surface area contributed by atoms with Gasteiger partial charge in [0.15, 0.2) is 0 Å². The van der Waals surface area contributed by atoms with Crippen LogP contribution in [0.3, 0.4) is 0 Å². The number of carbonyl (C=O) groups is 1. The average molecular weight is 215 g/mol. The van der Waals surface area contributed by atoms with Crippen LogP contribution in [0.15, 0.2) is 0 Å². The van der Waals surface area contributed by atoms with Gasteiger partial charge in [-0.1, -0.05) is 0 Å². The van der Waals surface area contributed by atoms with E-state index in [4.69, 9.17) is 0 Å². The quantitative estimate of drug-likeness (QED) is 0.697. The lowest BCUT2D eigenvalue weighted by atomic mass is 10.1. The van der Waals surface area contributed by atoms with Gasteiger partial charge in [-0.05, 0) is 13.5 Å². The van der Waals surface area contributed by atoms with Gasteiger partial charge in [-0.15, -0.1) is 24.8 Å². The summed E-state index contributed by atoms with van der Waals surface area (Å²) in [5, 5.41) is 3.16. The van der Waals surface area contributed by atoms with Gasteiger partial charge in [0.25, 0.3) is 0 Å². The second-order valence-electron chi connectivity index (χ2n) is 2.80. The lowest BCUT2D eigenvalue weighted by Crippen LogP contribution is -2.45. The Balaban J connectivity index is 0. The third-order valence-electron chi connectivity index (χ3n) is 2.03. The molecular weight excluding hydrogens is 199 g/mol. The van der Waals surface area contributed by atoms with Crippen molar-refractivity contribution in [2.45, 2.75) is 18.9 Å². The van der Waals surface area contributed by atoms with Crippen molar-refractivity contribution in [2.75, 3.05) is 20.6 Å². The monoisotopic (exact) mass is 214 g/mol. The highest BCUT2D eigenvalue weighted by Gasteiger charge is 2.20. The van der Waals surface area contributed by atoms with Crippen molar-refractivity contribution in [1.29, 1.82) is 0 Å². The molecule has 0 aromatic rings. The molecule has 1 rings (SSSR count). The Morgan fingerprint density at radius 1 is 1.50 bits per heavy atom. The molecule has 1 unspecified atom stereocenters. The summed E-state index contributed by atoms with van der Waals surface area (Å²) in [6.07, 6.45) is 1.68. The first-order valence-electron chi connectivity index (χ1n) is 3.65. The Morgan fingerprint density at radius 3 is 2.50 bits per heavy atom. The Morgan fingerprint density at radius 2 is 2.08 bits per heavy atom. The van der Waals surface area contributed by atoms with Crippen LogP contribution in [0, 0.1) is 0 Å². The van der Waals surface area contributed by atoms with Crippen LogP contribution in [-0.2, 0) is 4.79 Å². The van der Waals surface area contributed by atoms with Gasteiger partial charge in [-0.3, -0.25) is 4.79 Å². The van der Waals surface area contributed by atoms with Crippen molar-refractivity contribution in [3.63, 3.8) is 0 Å². The standard InChI is InChI=1S/C7H14N2O.2ClH/c1-8-6-3-4-7(10)9(2)5-6;;/h6,8H,3-5H2,1-2H3;2*1H. The van der Waals surface area contributed by atoms with Crippen LogP contribution >= 0.6 is 24.8 Å². The third-order valence-corrected chi connectivity index (χ3v) is 2.03. The Kier molecular flexibility index (Phi) is 7.89. The number of rotatable bonds is 1. The van der Waals surface area contributed by atoms with Gasteiger partial charge in [0.05, 0.1) is 0 Å². The van der Waals surface area contributed by atoms with Crippen molar-refractivity contribution in [3.05, 3.63) is 0 Å². The molecule has 0 aromatic carbocycles. The molecule has 0 bridgehead atoms. The normalized spacial score (nSPS) is 22.7. The molecule has 1 amide bonds. The molecule has 12 heavy (non-hydrogen) atoms. The van der Waals surface area contributed by atoms with Gasteiger partial charge in [0.2, 0.25) is 5.91 Å². The molecule has 0 radical (unpaired) electrons. The van der Waals surface area contributed by atoms with Gasteiger partial charge < -0.3 is 10.2 Å². The lowest BCUT2D eigenvalue weighted by molar-refractivity contribution is -0.132. The third kappa shape index (κ3) is 3.61. The number of halogens is 2. The molecular formula is C7H16Cl2N2O. The van der Waals surface area contributed by atoms with Gasteiger partial charge in [0.1, 0.15) is 0 Å². The van der Waals surface area contributed by atoms with Gasteiger partial charge in [-0.2, -0.15) is 0 Å². The predicted octanol–water partition coefficient (Wildman–Crippen LogP) is 0.670. The number of hydrogen-bond acceptors (Lipinski definition) is 2. The number of hydrogen-bond donors (Lipinski definition) is 1. The van der Waals surface area contributed by atoms with E-state index in [1.54, 1.807) is 4.90 Å². The maximum atomic E-state index is 11.0. The summed E-state index contributed by atoms with van der Waals surface area (Å²) in [6, 6.07) is 0.502. The van der Waals surface area contributed by atoms with E-state index in [9.17, 15) is 4.79 Å². The highest BCUT2D eigenvalue weighted by atomic mass is 35.5. The molecule has 1 saturated heterocycles. The highest BCUT2D eigenvalue weighted by molar-refractivity contribution is 5.85. The minimum atomic E-state index is 0. The Bertz CT molecular complexity index is 143. The second kappa shape index (κ2) is 6.52. The van der Waals surface area contributed by atoms with Crippen LogP contribution in [0.2, 0.25) is 0 Å². The number of nitrogens with one attached hydrogen (secondary N) is 1. The van der Waals surface area contributed by atoms with Gasteiger partial charge >= 0.3 is 0 Å². The Labute approximate surface area is 85.7 Å². The summed E-state index contributed by atoms with van der Waals surface area (Å²) in [7, 11) is 3.79. The van der Waals surface area contributed by atoms with E-state index in [1.807, 2.05) is 14.1 Å². The summed E-state index contributed by atoms with van der Waals surface area (Å²) in [5.41, 5.74) is 0. The first-order chi connectivity index (χ1) is 4.74.